The molecule has 2 heterocycles. The lowest BCUT2D eigenvalue weighted by Crippen LogP contribution is -2.53. The fourth-order valence-corrected chi connectivity index (χ4v) is 2.08. The van der Waals surface area contributed by atoms with Crippen LogP contribution in [0.3, 0.4) is 0 Å². The van der Waals surface area contributed by atoms with Crippen molar-refractivity contribution in [3.63, 3.8) is 0 Å². The molecule has 0 bridgehead atoms. The minimum Gasteiger partial charge on any atom is -0.377 e. The number of nitrogens with zero attached hydrogens (tertiary/aromatic N) is 3. The third kappa shape index (κ3) is 2.97. The number of morpholine rings is 1. The smallest absolute Gasteiger partial charge is 0.225 e. The van der Waals surface area contributed by atoms with Crippen LogP contribution < -0.4 is 10.2 Å². The van der Waals surface area contributed by atoms with Gasteiger partial charge in [0.15, 0.2) is 0 Å². The Morgan fingerprint density at radius 2 is 2.11 bits per heavy atom. The van der Waals surface area contributed by atoms with Gasteiger partial charge in [-0.1, -0.05) is 6.92 Å². The van der Waals surface area contributed by atoms with Gasteiger partial charge in [-0.3, -0.25) is 0 Å². The van der Waals surface area contributed by atoms with Crippen LogP contribution in [0.15, 0.2) is 12.4 Å². The van der Waals surface area contributed by atoms with Gasteiger partial charge in [-0.25, -0.2) is 9.97 Å². The van der Waals surface area contributed by atoms with Gasteiger partial charge in [0.25, 0.3) is 0 Å². The molecule has 1 saturated heterocycles. The van der Waals surface area contributed by atoms with Gasteiger partial charge in [0.1, 0.15) is 0 Å². The Hall–Kier alpha value is -1.20. The van der Waals surface area contributed by atoms with E-state index in [0.717, 1.165) is 44.4 Å². The Balaban J connectivity index is 2.08. The van der Waals surface area contributed by atoms with Gasteiger partial charge < -0.3 is 15.0 Å². The van der Waals surface area contributed by atoms with Gasteiger partial charge in [-0.2, -0.15) is 0 Å². The van der Waals surface area contributed by atoms with E-state index in [0.29, 0.717) is 0 Å². The number of nitrogens with one attached hydrogen (secondary N) is 1. The molecular formula is C13H22N4O. The molecule has 0 unspecified atom stereocenters. The molecule has 0 radical (unpaired) electrons. The third-order valence-corrected chi connectivity index (χ3v) is 3.16. The minimum absolute atomic E-state index is 0.0402. The maximum Gasteiger partial charge on any atom is 0.225 e. The van der Waals surface area contributed by atoms with Crippen LogP contribution in [0.4, 0.5) is 5.95 Å². The fourth-order valence-electron chi connectivity index (χ4n) is 2.08. The molecule has 0 spiro atoms. The average molecular weight is 250 g/mol. The molecule has 5 heteroatoms. The molecule has 100 valence electrons. The molecule has 1 aliphatic heterocycles. The van der Waals surface area contributed by atoms with Crippen LogP contribution in [-0.2, 0) is 11.3 Å². The third-order valence-electron chi connectivity index (χ3n) is 3.16. The molecule has 1 aromatic rings. The maximum atomic E-state index is 5.51. The van der Waals surface area contributed by atoms with Gasteiger partial charge >= 0.3 is 0 Å². The number of rotatable bonds is 4. The Bertz CT molecular complexity index is 377. The number of hydrogen-bond acceptors (Lipinski definition) is 5. The first-order chi connectivity index (χ1) is 8.63. The second-order valence-electron chi connectivity index (χ2n) is 5.19. The lowest BCUT2D eigenvalue weighted by molar-refractivity contribution is 0.0634. The summed E-state index contributed by atoms with van der Waals surface area (Å²) in [5, 5.41) is 3.27. The Morgan fingerprint density at radius 3 is 2.72 bits per heavy atom. The van der Waals surface area contributed by atoms with E-state index in [4.69, 9.17) is 4.74 Å². The van der Waals surface area contributed by atoms with Crippen molar-refractivity contribution in [3.8, 4) is 0 Å². The Morgan fingerprint density at radius 1 is 1.39 bits per heavy atom. The van der Waals surface area contributed by atoms with Crippen molar-refractivity contribution in [2.75, 3.05) is 31.2 Å². The highest BCUT2D eigenvalue weighted by molar-refractivity contribution is 5.35. The van der Waals surface area contributed by atoms with Crippen molar-refractivity contribution in [1.82, 2.24) is 15.3 Å². The number of aromatic nitrogens is 2. The lowest BCUT2D eigenvalue weighted by atomic mass is 10.0. The van der Waals surface area contributed by atoms with Crippen molar-refractivity contribution in [3.05, 3.63) is 18.0 Å². The van der Waals surface area contributed by atoms with E-state index >= 15 is 0 Å². The second-order valence-corrected chi connectivity index (χ2v) is 5.19. The van der Waals surface area contributed by atoms with Crippen LogP contribution in [0.1, 0.15) is 26.3 Å². The summed E-state index contributed by atoms with van der Waals surface area (Å²) in [7, 11) is 0. The summed E-state index contributed by atoms with van der Waals surface area (Å²) in [5.74, 6) is 0.795. The summed E-state index contributed by atoms with van der Waals surface area (Å²) in [6.45, 7) is 10.5. The molecule has 1 aromatic heterocycles. The van der Waals surface area contributed by atoms with E-state index in [1.165, 1.54) is 0 Å². The first-order valence-corrected chi connectivity index (χ1v) is 6.50. The molecule has 0 saturated carbocycles. The molecule has 0 amide bonds. The lowest BCUT2D eigenvalue weighted by Gasteiger charge is -2.42. The predicted molar refractivity (Wildman–Crippen MR) is 71.7 cm³/mol. The molecule has 0 aromatic carbocycles. The highest BCUT2D eigenvalue weighted by Crippen LogP contribution is 2.23. The SMILES string of the molecule is CCNCc1cnc(N2CCOCC2(C)C)nc1. The maximum absolute atomic E-state index is 5.51. The van der Waals surface area contributed by atoms with Crippen molar-refractivity contribution in [1.29, 1.82) is 0 Å². The molecule has 0 aliphatic carbocycles. The first-order valence-electron chi connectivity index (χ1n) is 6.50. The Kier molecular flexibility index (Phi) is 4.14. The van der Waals surface area contributed by atoms with Crippen LogP contribution in [0.25, 0.3) is 0 Å². The van der Waals surface area contributed by atoms with E-state index in [1.54, 1.807) is 0 Å². The average Bonchev–Trinajstić information content (AvgIpc) is 2.37. The monoisotopic (exact) mass is 250 g/mol. The topological polar surface area (TPSA) is 50.3 Å². The molecule has 2 rings (SSSR count). The van der Waals surface area contributed by atoms with Crippen LogP contribution >= 0.6 is 0 Å². The molecular weight excluding hydrogens is 228 g/mol. The van der Waals surface area contributed by atoms with E-state index in [2.05, 4.69) is 41.0 Å². The van der Waals surface area contributed by atoms with Crippen LogP contribution in [0.5, 0.6) is 0 Å². The Labute approximate surface area is 109 Å². The van der Waals surface area contributed by atoms with Gasteiger partial charge in [-0.15, -0.1) is 0 Å². The largest absolute Gasteiger partial charge is 0.377 e. The zero-order chi connectivity index (χ0) is 13.0. The summed E-state index contributed by atoms with van der Waals surface area (Å²) in [5.41, 5.74) is 1.08. The van der Waals surface area contributed by atoms with Crippen molar-refractivity contribution >= 4 is 5.95 Å². The highest BCUT2D eigenvalue weighted by atomic mass is 16.5. The summed E-state index contributed by atoms with van der Waals surface area (Å²) >= 11 is 0. The van der Waals surface area contributed by atoms with Crippen LogP contribution in [-0.4, -0.2) is 41.8 Å². The second kappa shape index (κ2) is 5.63. The summed E-state index contributed by atoms with van der Waals surface area (Å²) < 4.78 is 5.51. The molecule has 1 N–H and O–H groups in total. The number of hydrogen-bond donors (Lipinski definition) is 1. The van der Waals surface area contributed by atoms with Gasteiger partial charge in [0.05, 0.1) is 18.8 Å². The minimum atomic E-state index is -0.0402. The first kappa shape index (κ1) is 13.2. The fraction of sp³-hybridized carbons (Fsp3) is 0.692. The van der Waals surface area contributed by atoms with E-state index in [-0.39, 0.29) is 5.54 Å². The van der Waals surface area contributed by atoms with Gasteiger partial charge in [0.2, 0.25) is 5.95 Å². The van der Waals surface area contributed by atoms with E-state index in [9.17, 15) is 0 Å². The quantitative estimate of drug-likeness (QED) is 0.870. The van der Waals surface area contributed by atoms with Crippen molar-refractivity contribution < 1.29 is 4.74 Å². The molecule has 0 atom stereocenters. The molecule has 1 fully saturated rings. The molecule has 18 heavy (non-hydrogen) atoms. The van der Waals surface area contributed by atoms with E-state index in [1.807, 2.05) is 12.4 Å². The van der Waals surface area contributed by atoms with Crippen molar-refractivity contribution in [2.45, 2.75) is 32.9 Å². The summed E-state index contributed by atoms with van der Waals surface area (Å²) in [4.78, 5) is 11.2. The van der Waals surface area contributed by atoms with Crippen LogP contribution in [0, 0.1) is 0 Å². The summed E-state index contributed by atoms with van der Waals surface area (Å²) in [6, 6.07) is 0. The van der Waals surface area contributed by atoms with Gasteiger partial charge in [0, 0.05) is 31.0 Å². The summed E-state index contributed by atoms with van der Waals surface area (Å²) in [6.07, 6.45) is 3.80. The van der Waals surface area contributed by atoms with Crippen molar-refractivity contribution in [2.24, 2.45) is 0 Å². The standard InChI is InChI=1S/C13H22N4O/c1-4-14-7-11-8-15-12(16-9-11)17-5-6-18-10-13(17,2)3/h8-9,14H,4-7,10H2,1-3H3. The zero-order valence-corrected chi connectivity index (χ0v) is 11.4. The molecule has 1 aliphatic rings. The molecule has 5 nitrogen and oxygen atoms in total. The number of ether oxygens (including phenoxy) is 1. The number of anilines is 1. The zero-order valence-electron chi connectivity index (χ0n) is 11.4. The predicted octanol–water partition coefficient (Wildman–Crippen LogP) is 1.20. The highest BCUT2D eigenvalue weighted by Gasteiger charge is 2.32. The van der Waals surface area contributed by atoms with Gasteiger partial charge in [-0.05, 0) is 20.4 Å². The normalized spacial score (nSPS) is 18.9. The van der Waals surface area contributed by atoms with Crippen LogP contribution in [0.2, 0.25) is 0 Å². The van der Waals surface area contributed by atoms with E-state index < -0.39 is 0 Å².